The predicted molar refractivity (Wildman–Crippen MR) is 81.4 cm³/mol. The molecule has 1 aromatic carbocycles. The molecule has 4 nitrogen and oxygen atoms in total. The number of nitrogens with zero attached hydrogens (tertiary/aromatic N) is 2. The molecule has 5 heteroatoms. The van der Waals surface area contributed by atoms with E-state index in [1.807, 2.05) is 23.7 Å². The summed E-state index contributed by atoms with van der Waals surface area (Å²) in [5.74, 6) is 0.950. The smallest absolute Gasteiger partial charge is 0.134 e. The minimum Gasteiger partial charge on any atom is -0.459 e. The third kappa shape index (κ3) is 2.60. The molecule has 2 heterocycles. The molecule has 0 fully saturated rings. The minimum absolute atomic E-state index is 0.497. The van der Waals surface area contributed by atoms with Gasteiger partial charge in [0.2, 0.25) is 0 Å². The fraction of sp³-hybridized carbons (Fsp3) is 0.267. The van der Waals surface area contributed by atoms with Gasteiger partial charge >= 0.3 is 0 Å². The highest BCUT2D eigenvalue weighted by Gasteiger charge is 2.14. The third-order valence-corrected chi connectivity index (χ3v) is 3.95. The number of furan rings is 1. The Labute approximate surface area is 121 Å². The number of thiazole rings is 1. The molecule has 3 aromatic rings. The van der Waals surface area contributed by atoms with Crippen LogP contribution in [0.3, 0.4) is 0 Å². The van der Waals surface area contributed by atoms with E-state index in [1.165, 1.54) is 0 Å². The highest BCUT2D eigenvalue weighted by atomic mass is 32.1. The topological polar surface area (TPSA) is 55.3 Å². The molecule has 0 aliphatic heterocycles. The Morgan fingerprint density at radius 3 is 2.90 bits per heavy atom. The summed E-state index contributed by atoms with van der Waals surface area (Å²) in [5.41, 5.74) is 10.8. The maximum Gasteiger partial charge on any atom is 0.134 e. The van der Waals surface area contributed by atoms with Gasteiger partial charge in [0.25, 0.3) is 0 Å². The second-order valence-electron chi connectivity index (χ2n) is 4.86. The summed E-state index contributed by atoms with van der Waals surface area (Å²) in [7, 11) is 2.06. The number of para-hydroxylation sites is 1. The standard InChI is InChI=1S/C15H17N3OS/c1-18(7-11-9-20-10-17-11)8-15-13(6-16)12-4-2-3-5-14(12)19-15/h2-5,9-10H,6-8,16H2,1H3. The summed E-state index contributed by atoms with van der Waals surface area (Å²) >= 11 is 1.62. The summed E-state index contributed by atoms with van der Waals surface area (Å²) in [5, 5.41) is 3.19. The lowest BCUT2D eigenvalue weighted by molar-refractivity contribution is 0.287. The lowest BCUT2D eigenvalue weighted by Crippen LogP contribution is -2.18. The van der Waals surface area contributed by atoms with Crippen molar-refractivity contribution < 1.29 is 4.42 Å². The molecule has 0 atom stereocenters. The summed E-state index contributed by atoms with van der Waals surface area (Å²) in [6, 6.07) is 8.04. The van der Waals surface area contributed by atoms with Gasteiger partial charge in [-0.25, -0.2) is 4.98 Å². The first-order chi connectivity index (χ1) is 9.78. The van der Waals surface area contributed by atoms with Crippen molar-refractivity contribution in [3.63, 3.8) is 0 Å². The van der Waals surface area contributed by atoms with Crippen molar-refractivity contribution >= 4 is 22.3 Å². The molecular formula is C15H17N3OS. The maximum atomic E-state index is 5.94. The van der Waals surface area contributed by atoms with Crippen LogP contribution in [0.25, 0.3) is 11.0 Å². The molecular weight excluding hydrogens is 270 g/mol. The molecule has 2 N–H and O–H groups in total. The second-order valence-corrected chi connectivity index (χ2v) is 5.57. The molecule has 3 rings (SSSR count). The molecule has 0 saturated heterocycles. The van der Waals surface area contributed by atoms with Gasteiger partial charge in [0.1, 0.15) is 11.3 Å². The summed E-state index contributed by atoms with van der Waals surface area (Å²) < 4.78 is 5.94. The number of rotatable bonds is 5. The SMILES string of the molecule is CN(Cc1cscn1)Cc1oc2ccccc2c1CN. The van der Waals surface area contributed by atoms with Crippen LogP contribution >= 0.6 is 11.3 Å². The number of benzene rings is 1. The molecule has 104 valence electrons. The summed E-state index contributed by atoms with van der Waals surface area (Å²) in [6.07, 6.45) is 0. The van der Waals surface area contributed by atoms with Gasteiger partial charge in [-0.3, -0.25) is 4.90 Å². The summed E-state index contributed by atoms with van der Waals surface area (Å²) in [4.78, 5) is 6.49. The van der Waals surface area contributed by atoms with Crippen LogP contribution in [-0.2, 0) is 19.6 Å². The largest absolute Gasteiger partial charge is 0.459 e. The van der Waals surface area contributed by atoms with Crippen molar-refractivity contribution in [1.29, 1.82) is 0 Å². The molecule has 0 aliphatic rings. The highest BCUT2D eigenvalue weighted by molar-refractivity contribution is 7.07. The highest BCUT2D eigenvalue weighted by Crippen LogP contribution is 2.26. The minimum atomic E-state index is 0.497. The Hall–Kier alpha value is -1.69. The van der Waals surface area contributed by atoms with Crippen LogP contribution in [-0.4, -0.2) is 16.9 Å². The van der Waals surface area contributed by atoms with Gasteiger partial charge in [0.15, 0.2) is 0 Å². The van der Waals surface area contributed by atoms with Crippen molar-refractivity contribution in [2.45, 2.75) is 19.6 Å². The first-order valence-corrected chi connectivity index (χ1v) is 7.47. The van der Waals surface area contributed by atoms with Crippen molar-refractivity contribution in [2.24, 2.45) is 5.73 Å². The summed E-state index contributed by atoms with van der Waals surface area (Å²) in [6.45, 7) is 2.04. The zero-order valence-electron chi connectivity index (χ0n) is 11.4. The average molecular weight is 287 g/mol. The number of hydrogen-bond acceptors (Lipinski definition) is 5. The van der Waals surface area contributed by atoms with Gasteiger partial charge < -0.3 is 10.2 Å². The molecule has 0 unspecified atom stereocenters. The Morgan fingerprint density at radius 1 is 1.30 bits per heavy atom. The fourth-order valence-electron chi connectivity index (χ4n) is 2.39. The lowest BCUT2D eigenvalue weighted by Gasteiger charge is -2.14. The van der Waals surface area contributed by atoms with Crippen LogP contribution in [0.5, 0.6) is 0 Å². The monoisotopic (exact) mass is 287 g/mol. The van der Waals surface area contributed by atoms with E-state index in [9.17, 15) is 0 Å². The van der Waals surface area contributed by atoms with E-state index in [1.54, 1.807) is 11.3 Å². The van der Waals surface area contributed by atoms with E-state index >= 15 is 0 Å². The van der Waals surface area contributed by atoms with Gasteiger partial charge in [-0.15, -0.1) is 11.3 Å². The Bertz CT molecular complexity index is 690. The van der Waals surface area contributed by atoms with Crippen molar-refractivity contribution in [1.82, 2.24) is 9.88 Å². The second kappa shape index (κ2) is 5.75. The number of aromatic nitrogens is 1. The van der Waals surface area contributed by atoms with Gasteiger partial charge in [-0.2, -0.15) is 0 Å². The van der Waals surface area contributed by atoms with E-state index in [0.29, 0.717) is 6.54 Å². The van der Waals surface area contributed by atoms with Gasteiger partial charge in [0.05, 0.1) is 17.7 Å². The first-order valence-electron chi connectivity index (χ1n) is 6.53. The molecule has 0 aliphatic carbocycles. The molecule has 0 bridgehead atoms. The van der Waals surface area contributed by atoms with Crippen molar-refractivity contribution in [3.8, 4) is 0 Å². The van der Waals surface area contributed by atoms with E-state index < -0.39 is 0 Å². The first kappa shape index (κ1) is 13.3. The molecule has 0 radical (unpaired) electrons. The van der Waals surface area contributed by atoms with Crippen LogP contribution in [0, 0.1) is 0 Å². The van der Waals surface area contributed by atoms with Crippen molar-refractivity contribution in [2.75, 3.05) is 7.05 Å². The quantitative estimate of drug-likeness (QED) is 0.784. The number of fused-ring (bicyclic) bond motifs is 1. The molecule has 0 saturated carbocycles. The Morgan fingerprint density at radius 2 is 2.15 bits per heavy atom. The van der Waals surface area contributed by atoms with Crippen LogP contribution in [0.1, 0.15) is 17.0 Å². The van der Waals surface area contributed by atoms with E-state index in [2.05, 4.69) is 28.4 Å². The third-order valence-electron chi connectivity index (χ3n) is 3.31. The maximum absolute atomic E-state index is 5.94. The van der Waals surface area contributed by atoms with Gasteiger partial charge in [-0.1, -0.05) is 18.2 Å². The fourth-order valence-corrected chi connectivity index (χ4v) is 2.94. The molecule has 0 amide bonds. The zero-order chi connectivity index (χ0) is 13.9. The molecule has 20 heavy (non-hydrogen) atoms. The number of hydrogen-bond donors (Lipinski definition) is 1. The van der Waals surface area contributed by atoms with Crippen LogP contribution in [0.4, 0.5) is 0 Å². The van der Waals surface area contributed by atoms with E-state index in [0.717, 1.165) is 41.1 Å². The zero-order valence-corrected chi connectivity index (χ0v) is 12.2. The predicted octanol–water partition coefficient (Wildman–Crippen LogP) is 2.98. The average Bonchev–Trinajstić information content (AvgIpc) is 3.05. The van der Waals surface area contributed by atoms with E-state index in [-0.39, 0.29) is 0 Å². The Kier molecular flexibility index (Phi) is 3.82. The normalized spacial score (nSPS) is 11.6. The van der Waals surface area contributed by atoms with Gasteiger partial charge in [-0.05, 0) is 13.1 Å². The van der Waals surface area contributed by atoms with Gasteiger partial charge in [0, 0.05) is 29.4 Å². The molecule has 2 aromatic heterocycles. The van der Waals surface area contributed by atoms with E-state index in [4.69, 9.17) is 10.2 Å². The van der Waals surface area contributed by atoms with Crippen LogP contribution < -0.4 is 5.73 Å². The van der Waals surface area contributed by atoms with Crippen LogP contribution in [0.2, 0.25) is 0 Å². The Balaban J connectivity index is 1.83. The van der Waals surface area contributed by atoms with Crippen molar-refractivity contribution in [3.05, 3.63) is 52.2 Å². The van der Waals surface area contributed by atoms with Crippen LogP contribution in [0.15, 0.2) is 39.6 Å². The lowest BCUT2D eigenvalue weighted by atomic mass is 10.1. The number of nitrogens with two attached hydrogens (primary N) is 1. The molecule has 0 spiro atoms.